The fourth-order valence-electron chi connectivity index (χ4n) is 5.48. The first-order chi connectivity index (χ1) is 16.2. The van der Waals surface area contributed by atoms with Gasteiger partial charge in [-0.3, -0.25) is 9.69 Å². The highest BCUT2D eigenvalue weighted by Crippen LogP contribution is 2.34. The highest BCUT2D eigenvalue weighted by atomic mass is 16.1. The van der Waals surface area contributed by atoms with E-state index in [1.54, 1.807) is 0 Å². The van der Waals surface area contributed by atoms with Crippen LogP contribution in [0.2, 0.25) is 0 Å². The van der Waals surface area contributed by atoms with Crippen molar-refractivity contribution in [2.45, 2.75) is 111 Å². The minimum atomic E-state index is -0.167. The van der Waals surface area contributed by atoms with E-state index in [4.69, 9.17) is 0 Å². The quantitative estimate of drug-likeness (QED) is 0.472. The lowest BCUT2D eigenvalue weighted by Crippen LogP contribution is -2.42. The van der Waals surface area contributed by atoms with Crippen LogP contribution in [0.5, 0.6) is 0 Å². The fourth-order valence-corrected chi connectivity index (χ4v) is 5.48. The topological polar surface area (TPSA) is 79.7 Å². The molecule has 2 heterocycles. The predicted molar refractivity (Wildman–Crippen MR) is 137 cm³/mol. The number of nitrogens with one attached hydrogen (secondary N) is 1. The van der Waals surface area contributed by atoms with Gasteiger partial charge in [0.1, 0.15) is 0 Å². The Morgan fingerprint density at radius 2 is 1.88 bits per heavy atom. The standard InChI is InChI=1S/C27H40N6O/c1-7-24(25-29-30-31-33(25)27(5,6)8-2)32(21-12-10-9-11-13-21)17-20-16-22-19(4)14-18(3)15-23(22)28-26(20)34/h14-16,21,24H,7-13,17H2,1-6H3,(H,28,34)/t24-/m1/s1. The van der Waals surface area contributed by atoms with Gasteiger partial charge in [-0.05, 0) is 87.1 Å². The molecule has 1 N–H and O–H groups in total. The summed E-state index contributed by atoms with van der Waals surface area (Å²) in [6, 6.07) is 6.81. The van der Waals surface area contributed by atoms with Crippen LogP contribution in [0.15, 0.2) is 23.0 Å². The molecule has 7 heteroatoms. The molecule has 0 bridgehead atoms. The van der Waals surface area contributed by atoms with Crippen LogP contribution in [0.1, 0.15) is 101 Å². The van der Waals surface area contributed by atoms with Crippen LogP contribution < -0.4 is 5.56 Å². The molecule has 1 saturated carbocycles. The van der Waals surface area contributed by atoms with Crippen molar-refractivity contribution >= 4 is 10.9 Å². The molecule has 1 atom stereocenters. The first-order valence-electron chi connectivity index (χ1n) is 12.9. The van der Waals surface area contributed by atoms with Gasteiger partial charge in [0.2, 0.25) is 0 Å². The number of hydrogen-bond acceptors (Lipinski definition) is 5. The highest BCUT2D eigenvalue weighted by molar-refractivity contribution is 5.83. The largest absolute Gasteiger partial charge is 0.322 e. The van der Waals surface area contributed by atoms with Gasteiger partial charge in [-0.15, -0.1) is 5.10 Å². The number of pyridine rings is 1. The molecule has 184 valence electrons. The van der Waals surface area contributed by atoms with E-state index in [0.29, 0.717) is 12.6 Å². The van der Waals surface area contributed by atoms with E-state index in [9.17, 15) is 4.79 Å². The van der Waals surface area contributed by atoms with Crippen LogP contribution in [0, 0.1) is 13.8 Å². The van der Waals surface area contributed by atoms with E-state index in [1.807, 2.05) is 4.68 Å². The number of fused-ring (bicyclic) bond motifs is 1. The lowest BCUT2D eigenvalue weighted by atomic mass is 9.91. The molecule has 34 heavy (non-hydrogen) atoms. The van der Waals surface area contributed by atoms with Gasteiger partial charge in [0.15, 0.2) is 5.82 Å². The monoisotopic (exact) mass is 464 g/mol. The molecule has 4 rings (SSSR count). The van der Waals surface area contributed by atoms with Gasteiger partial charge in [-0.25, -0.2) is 4.68 Å². The number of aromatic nitrogens is 5. The van der Waals surface area contributed by atoms with Crippen molar-refractivity contribution in [3.8, 4) is 0 Å². The van der Waals surface area contributed by atoms with Crippen molar-refractivity contribution in [2.24, 2.45) is 0 Å². The Hall–Kier alpha value is -2.54. The Labute approximate surface area is 202 Å². The molecule has 0 unspecified atom stereocenters. The van der Waals surface area contributed by atoms with Crippen molar-refractivity contribution in [3.63, 3.8) is 0 Å². The number of aryl methyl sites for hydroxylation is 2. The summed E-state index contributed by atoms with van der Waals surface area (Å²) in [6.07, 6.45) is 7.88. The maximum atomic E-state index is 13.2. The van der Waals surface area contributed by atoms with Gasteiger partial charge in [-0.2, -0.15) is 0 Å². The summed E-state index contributed by atoms with van der Waals surface area (Å²) in [5.41, 5.74) is 3.92. The van der Waals surface area contributed by atoms with Crippen molar-refractivity contribution in [1.29, 1.82) is 0 Å². The molecule has 1 aliphatic carbocycles. The Kier molecular flexibility index (Phi) is 7.22. The van der Waals surface area contributed by atoms with Crippen LogP contribution >= 0.6 is 0 Å². The van der Waals surface area contributed by atoms with E-state index in [2.05, 4.69) is 85.2 Å². The zero-order chi connectivity index (χ0) is 24.5. The molecule has 1 aromatic carbocycles. The van der Waals surface area contributed by atoms with Gasteiger partial charge in [0.25, 0.3) is 5.56 Å². The molecule has 1 fully saturated rings. The summed E-state index contributed by atoms with van der Waals surface area (Å²) >= 11 is 0. The van der Waals surface area contributed by atoms with Crippen molar-refractivity contribution in [1.82, 2.24) is 30.1 Å². The van der Waals surface area contributed by atoms with Crippen molar-refractivity contribution in [2.75, 3.05) is 0 Å². The fraction of sp³-hybridized carbons (Fsp3) is 0.630. The Balaban J connectivity index is 1.78. The van der Waals surface area contributed by atoms with Crippen LogP contribution in [0.25, 0.3) is 10.9 Å². The molecule has 0 spiro atoms. The average Bonchev–Trinajstić information content (AvgIpc) is 3.30. The lowest BCUT2D eigenvalue weighted by molar-refractivity contribution is 0.0801. The van der Waals surface area contributed by atoms with Crippen LogP contribution in [-0.4, -0.2) is 36.1 Å². The third kappa shape index (κ3) is 4.81. The molecular formula is C27H40N6O. The Morgan fingerprint density at radius 3 is 2.56 bits per heavy atom. The molecular weight excluding hydrogens is 424 g/mol. The van der Waals surface area contributed by atoms with Crippen LogP contribution in [-0.2, 0) is 12.1 Å². The zero-order valence-corrected chi connectivity index (χ0v) is 21.7. The summed E-state index contributed by atoms with van der Waals surface area (Å²) in [4.78, 5) is 18.9. The van der Waals surface area contributed by atoms with E-state index < -0.39 is 0 Å². The molecule has 7 nitrogen and oxygen atoms in total. The van der Waals surface area contributed by atoms with Gasteiger partial charge in [-0.1, -0.05) is 39.2 Å². The average molecular weight is 465 g/mol. The van der Waals surface area contributed by atoms with Crippen molar-refractivity contribution < 1.29 is 0 Å². The normalized spacial score (nSPS) is 16.4. The second-order valence-electron chi connectivity index (χ2n) is 10.7. The molecule has 0 amide bonds. The summed E-state index contributed by atoms with van der Waals surface area (Å²) in [5, 5.41) is 14.1. The number of aromatic amines is 1. The predicted octanol–water partition coefficient (Wildman–Crippen LogP) is 5.56. The maximum Gasteiger partial charge on any atom is 0.252 e. The molecule has 1 aliphatic rings. The number of tetrazole rings is 1. The van der Waals surface area contributed by atoms with Crippen molar-refractivity contribution in [3.05, 3.63) is 51.1 Å². The van der Waals surface area contributed by atoms with E-state index in [0.717, 1.165) is 53.5 Å². The Morgan fingerprint density at radius 1 is 1.15 bits per heavy atom. The van der Waals surface area contributed by atoms with Crippen LogP contribution in [0.3, 0.4) is 0 Å². The van der Waals surface area contributed by atoms with E-state index in [-0.39, 0.29) is 17.1 Å². The SMILES string of the molecule is CC[C@H](c1nnnn1C(C)(C)CC)N(Cc1cc2c(C)cc(C)cc2[nH]c1=O)C1CCCCC1. The second-order valence-corrected chi connectivity index (χ2v) is 10.7. The number of nitrogens with zero attached hydrogens (tertiary/aromatic N) is 5. The van der Waals surface area contributed by atoms with Gasteiger partial charge >= 0.3 is 0 Å². The first kappa shape index (κ1) is 24.6. The zero-order valence-electron chi connectivity index (χ0n) is 21.7. The number of hydrogen-bond donors (Lipinski definition) is 1. The lowest BCUT2D eigenvalue weighted by Gasteiger charge is -2.40. The first-order valence-corrected chi connectivity index (χ1v) is 12.9. The van der Waals surface area contributed by atoms with E-state index in [1.165, 1.54) is 24.8 Å². The van der Waals surface area contributed by atoms with Gasteiger partial charge in [0.05, 0.1) is 11.6 Å². The minimum Gasteiger partial charge on any atom is -0.322 e. The minimum absolute atomic E-state index is 0.00152. The summed E-state index contributed by atoms with van der Waals surface area (Å²) in [6.45, 7) is 13.5. The number of H-pyrrole nitrogens is 1. The van der Waals surface area contributed by atoms with E-state index >= 15 is 0 Å². The highest BCUT2D eigenvalue weighted by Gasteiger charge is 2.34. The van der Waals surface area contributed by atoms with Gasteiger partial charge < -0.3 is 4.98 Å². The third-order valence-corrected chi connectivity index (χ3v) is 7.80. The summed E-state index contributed by atoms with van der Waals surface area (Å²) in [7, 11) is 0. The Bertz CT molecular complexity index is 1190. The summed E-state index contributed by atoms with van der Waals surface area (Å²) in [5.74, 6) is 0.906. The number of rotatable bonds is 8. The summed E-state index contributed by atoms with van der Waals surface area (Å²) < 4.78 is 2.01. The third-order valence-electron chi connectivity index (χ3n) is 7.80. The smallest absolute Gasteiger partial charge is 0.252 e. The molecule has 3 aromatic rings. The molecule has 2 aromatic heterocycles. The van der Waals surface area contributed by atoms with Crippen LogP contribution in [0.4, 0.5) is 0 Å². The molecule has 0 radical (unpaired) electrons. The number of benzene rings is 1. The maximum absolute atomic E-state index is 13.2. The molecule has 0 aliphatic heterocycles. The second kappa shape index (κ2) is 9.98. The molecule has 0 saturated heterocycles. The van der Waals surface area contributed by atoms with Gasteiger partial charge in [0, 0.05) is 29.1 Å².